The number of benzene rings is 1. The minimum atomic E-state index is -0.695. The van der Waals surface area contributed by atoms with Gasteiger partial charge in [0.2, 0.25) is 0 Å². The number of hydrogen-bond donors (Lipinski definition) is 0. The van der Waals surface area contributed by atoms with E-state index < -0.39 is 5.41 Å². The number of alkyl halides is 2. The minimum Gasteiger partial charge on any atom is -0.263 e. The highest BCUT2D eigenvalue weighted by Crippen LogP contribution is 2.34. The maximum absolute atomic E-state index is 14.1. The minimum absolute atomic E-state index is 0.204. The van der Waals surface area contributed by atoms with Crippen molar-refractivity contribution in [1.29, 1.82) is 0 Å². The zero-order valence-corrected chi connectivity index (χ0v) is 12.9. The fraction of sp³-hybridized carbons (Fsp3) is 0.267. The third-order valence-corrected chi connectivity index (χ3v) is 4.71. The summed E-state index contributed by atoms with van der Waals surface area (Å²) in [5.74, 6) is 0.102. The molecule has 0 amide bonds. The predicted octanol–water partition coefficient (Wildman–Crippen LogP) is 4.83. The highest BCUT2D eigenvalue weighted by Gasteiger charge is 2.34. The summed E-state index contributed by atoms with van der Waals surface area (Å²) in [7, 11) is 0. The molecule has 1 heterocycles. The lowest BCUT2D eigenvalue weighted by atomic mass is 9.78. The quantitative estimate of drug-likeness (QED) is 0.714. The van der Waals surface area contributed by atoms with Gasteiger partial charge in [-0.05, 0) is 29.7 Å². The van der Waals surface area contributed by atoms with Gasteiger partial charge in [0.25, 0.3) is 0 Å². The third kappa shape index (κ3) is 3.08. The molecule has 1 aromatic heterocycles. The van der Waals surface area contributed by atoms with Crippen LogP contribution < -0.4 is 0 Å². The molecule has 1 nitrogen and oxygen atoms in total. The van der Waals surface area contributed by atoms with E-state index in [0.717, 1.165) is 5.56 Å². The van der Waals surface area contributed by atoms with Crippen molar-refractivity contribution in [3.8, 4) is 0 Å². The van der Waals surface area contributed by atoms with Crippen molar-refractivity contribution in [3.63, 3.8) is 0 Å². The first-order valence-corrected chi connectivity index (χ1v) is 7.53. The monoisotopic (exact) mass is 331 g/mol. The highest BCUT2D eigenvalue weighted by atomic mass is 35.5. The van der Waals surface area contributed by atoms with Gasteiger partial charge in [-0.3, -0.25) is 4.98 Å². The first kappa shape index (κ1) is 15.6. The summed E-state index contributed by atoms with van der Waals surface area (Å²) in [6.07, 6.45) is 3.67. The van der Waals surface area contributed by atoms with Crippen LogP contribution in [0.2, 0.25) is 5.02 Å². The number of nitrogens with zero attached hydrogens (tertiary/aromatic N) is 1. The Bertz CT molecular complexity index is 585. The zero-order chi connectivity index (χ0) is 14.6. The van der Waals surface area contributed by atoms with Gasteiger partial charge >= 0.3 is 0 Å². The molecule has 0 aliphatic rings. The molecule has 0 saturated heterocycles. The van der Waals surface area contributed by atoms with E-state index in [1.54, 1.807) is 36.7 Å². The Labute approximate surface area is 132 Å². The summed E-state index contributed by atoms with van der Waals surface area (Å²) in [6, 6.07) is 8.36. The zero-order valence-electron chi connectivity index (χ0n) is 10.6. The fourth-order valence-corrected chi connectivity index (χ4v) is 3.12. The topological polar surface area (TPSA) is 12.9 Å². The summed E-state index contributed by atoms with van der Waals surface area (Å²) < 4.78 is 14.1. The number of halogens is 4. The van der Waals surface area contributed by atoms with Crippen molar-refractivity contribution in [2.75, 3.05) is 11.8 Å². The van der Waals surface area contributed by atoms with E-state index in [1.165, 1.54) is 6.07 Å². The van der Waals surface area contributed by atoms with Crippen LogP contribution in [0.25, 0.3) is 0 Å². The molecule has 5 heteroatoms. The van der Waals surface area contributed by atoms with Crippen molar-refractivity contribution in [3.05, 3.63) is 64.7 Å². The first-order valence-electron chi connectivity index (χ1n) is 6.08. The molecule has 0 spiro atoms. The van der Waals surface area contributed by atoms with Gasteiger partial charge in [0.1, 0.15) is 5.82 Å². The Balaban J connectivity index is 2.46. The van der Waals surface area contributed by atoms with Crippen molar-refractivity contribution in [1.82, 2.24) is 4.98 Å². The van der Waals surface area contributed by atoms with Gasteiger partial charge in [-0.15, -0.1) is 23.2 Å². The molecular weight excluding hydrogens is 320 g/mol. The SMILES string of the molecule is Fc1ccccc1C(CCl)(CCl)Cc1ccncc1Cl. The molecule has 1 aromatic carbocycles. The Kier molecular flexibility index (Phi) is 5.25. The fourth-order valence-electron chi connectivity index (χ4n) is 2.17. The van der Waals surface area contributed by atoms with Gasteiger partial charge in [-0.1, -0.05) is 29.8 Å². The third-order valence-electron chi connectivity index (χ3n) is 3.34. The predicted molar refractivity (Wildman–Crippen MR) is 82.5 cm³/mol. The van der Waals surface area contributed by atoms with Crippen molar-refractivity contribution >= 4 is 34.8 Å². The van der Waals surface area contributed by atoms with Crippen LogP contribution in [0.4, 0.5) is 4.39 Å². The van der Waals surface area contributed by atoms with E-state index in [2.05, 4.69) is 4.98 Å². The van der Waals surface area contributed by atoms with Crippen LogP contribution in [0, 0.1) is 5.82 Å². The van der Waals surface area contributed by atoms with Crippen LogP contribution >= 0.6 is 34.8 Å². The van der Waals surface area contributed by atoms with Gasteiger partial charge in [-0.25, -0.2) is 4.39 Å². The number of hydrogen-bond acceptors (Lipinski definition) is 1. The molecule has 0 aliphatic heterocycles. The summed E-state index contributed by atoms with van der Waals surface area (Å²) in [5, 5.41) is 0.531. The molecule has 0 unspecified atom stereocenters. The van der Waals surface area contributed by atoms with Gasteiger partial charge < -0.3 is 0 Å². The number of rotatable bonds is 5. The number of pyridine rings is 1. The molecule has 0 atom stereocenters. The smallest absolute Gasteiger partial charge is 0.127 e. The maximum atomic E-state index is 14.1. The molecule has 0 radical (unpaired) electrons. The average Bonchev–Trinajstić information content (AvgIpc) is 2.48. The maximum Gasteiger partial charge on any atom is 0.127 e. The molecular formula is C15H13Cl3FN. The molecule has 0 N–H and O–H groups in total. The van der Waals surface area contributed by atoms with Gasteiger partial charge in [-0.2, -0.15) is 0 Å². The van der Waals surface area contributed by atoms with E-state index >= 15 is 0 Å². The second kappa shape index (κ2) is 6.75. The van der Waals surface area contributed by atoms with Crippen molar-refractivity contribution in [2.45, 2.75) is 11.8 Å². The summed E-state index contributed by atoms with van der Waals surface area (Å²) in [4.78, 5) is 3.94. The van der Waals surface area contributed by atoms with Crippen LogP contribution in [0.3, 0.4) is 0 Å². The lowest BCUT2D eigenvalue weighted by molar-refractivity contribution is 0.491. The molecule has 2 aromatic rings. The van der Waals surface area contributed by atoms with Gasteiger partial charge in [0.05, 0.1) is 5.02 Å². The van der Waals surface area contributed by atoms with Crippen LogP contribution in [-0.4, -0.2) is 16.7 Å². The van der Waals surface area contributed by atoms with E-state index in [1.807, 2.05) is 0 Å². The molecule has 0 fully saturated rings. The molecule has 0 bridgehead atoms. The standard InChI is InChI=1S/C15H13Cl3FN/c16-9-15(10-17,12-3-1-2-4-14(12)19)7-11-5-6-20-8-13(11)18/h1-6,8H,7,9-10H2. The lowest BCUT2D eigenvalue weighted by Crippen LogP contribution is -2.34. The second-order valence-electron chi connectivity index (χ2n) is 4.67. The van der Waals surface area contributed by atoms with Crippen molar-refractivity contribution in [2.24, 2.45) is 0 Å². The van der Waals surface area contributed by atoms with Crippen LogP contribution in [0.5, 0.6) is 0 Å². The molecule has 0 aliphatic carbocycles. The van der Waals surface area contributed by atoms with E-state index in [0.29, 0.717) is 17.0 Å². The Morgan fingerprint density at radius 3 is 2.40 bits per heavy atom. The van der Waals surface area contributed by atoms with Crippen molar-refractivity contribution < 1.29 is 4.39 Å². The average molecular weight is 333 g/mol. The molecule has 20 heavy (non-hydrogen) atoms. The summed E-state index contributed by atoms with van der Waals surface area (Å²) in [6.45, 7) is 0. The highest BCUT2D eigenvalue weighted by molar-refractivity contribution is 6.31. The van der Waals surface area contributed by atoms with E-state index in [9.17, 15) is 4.39 Å². The number of aromatic nitrogens is 1. The Hall–Kier alpha value is -0.830. The first-order chi connectivity index (χ1) is 9.63. The molecule has 0 saturated carbocycles. The van der Waals surface area contributed by atoms with E-state index in [-0.39, 0.29) is 17.6 Å². The molecule has 106 valence electrons. The Morgan fingerprint density at radius 1 is 1.10 bits per heavy atom. The van der Waals surface area contributed by atoms with Gasteiger partial charge in [0.15, 0.2) is 0 Å². The second-order valence-corrected chi connectivity index (χ2v) is 5.61. The molecule has 2 rings (SSSR count). The van der Waals surface area contributed by atoms with Crippen LogP contribution in [0.15, 0.2) is 42.7 Å². The van der Waals surface area contributed by atoms with Crippen LogP contribution in [-0.2, 0) is 11.8 Å². The Morgan fingerprint density at radius 2 is 1.80 bits per heavy atom. The lowest BCUT2D eigenvalue weighted by Gasteiger charge is -2.31. The van der Waals surface area contributed by atoms with Crippen LogP contribution in [0.1, 0.15) is 11.1 Å². The summed E-state index contributed by atoms with van der Waals surface area (Å²) >= 11 is 18.4. The van der Waals surface area contributed by atoms with E-state index in [4.69, 9.17) is 34.8 Å². The normalized spacial score (nSPS) is 11.6. The summed E-state index contributed by atoms with van der Waals surface area (Å²) in [5.41, 5.74) is 0.670. The van der Waals surface area contributed by atoms with Gasteiger partial charge in [0, 0.05) is 29.6 Å². The largest absolute Gasteiger partial charge is 0.263 e.